The molecule has 0 aliphatic carbocycles. The van der Waals surface area contributed by atoms with Gasteiger partial charge in [0.1, 0.15) is 11.0 Å². The van der Waals surface area contributed by atoms with Gasteiger partial charge in [0.2, 0.25) is 0 Å². The lowest BCUT2D eigenvalue weighted by Gasteiger charge is -2.19. The van der Waals surface area contributed by atoms with E-state index in [2.05, 4.69) is 20.9 Å². The molecule has 1 aromatic carbocycles. The normalized spacial score (nSPS) is 19.0. The summed E-state index contributed by atoms with van der Waals surface area (Å²) in [4.78, 5) is 17.8. The van der Waals surface area contributed by atoms with E-state index in [1.54, 1.807) is 11.3 Å². The Balaban J connectivity index is 1.75. The van der Waals surface area contributed by atoms with Crippen molar-refractivity contribution in [2.24, 2.45) is 0 Å². The van der Waals surface area contributed by atoms with Crippen molar-refractivity contribution in [3.8, 4) is 10.6 Å². The van der Waals surface area contributed by atoms with E-state index in [1.165, 1.54) is 0 Å². The summed E-state index contributed by atoms with van der Waals surface area (Å²) in [5.41, 5.74) is 2.03. The van der Waals surface area contributed by atoms with Crippen LogP contribution in [-0.2, 0) is 11.3 Å². The van der Waals surface area contributed by atoms with Crippen molar-refractivity contribution in [2.75, 3.05) is 6.54 Å². The molecule has 0 bridgehead atoms. The van der Waals surface area contributed by atoms with Crippen LogP contribution in [0.3, 0.4) is 0 Å². The van der Waals surface area contributed by atoms with Crippen molar-refractivity contribution >= 4 is 33.2 Å². The largest absolute Gasteiger partial charge is 0.480 e. The lowest BCUT2D eigenvalue weighted by Crippen LogP contribution is -2.35. The third-order valence-corrected chi connectivity index (χ3v) is 5.07. The third-order valence-electron chi connectivity index (χ3n) is 3.64. The summed E-state index contributed by atoms with van der Waals surface area (Å²) in [6.07, 6.45) is 1.68. The fourth-order valence-corrected chi connectivity index (χ4v) is 3.84. The Morgan fingerprint density at radius 3 is 3.14 bits per heavy atom. The van der Waals surface area contributed by atoms with Crippen LogP contribution in [0.4, 0.5) is 0 Å². The van der Waals surface area contributed by atoms with Gasteiger partial charge < -0.3 is 5.11 Å². The zero-order chi connectivity index (χ0) is 14.8. The van der Waals surface area contributed by atoms with Crippen molar-refractivity contribution in [3.05, 3.63) is 39.8 Å². The molecule has 21 heavy (non-hydrogen) atoms. The maximum Gasteiger partial charge on any atom is 0.320 e. The molecule has 3 rings (SSSR count). The molecule has 4 nitrogen and oxygen atoms in total. The lowest BCUT2D eigenvalue weighted by molar-refractivity contribution is -0.142. The van der Waals surface area contributed by atoms with Crippen molar-refractivity contribution in [1.29, 1.82) is 0 Å². The van der Waals surface area contributed by atoms with E-state index in [-0.39, 0.29) is 6.04 Å². The SMILES string of the molecule is O=C(O)[C@@H]1CCCN1Cc1csc(-c2cccc(Br)c2)n1. The van der Waals surface area contributed by atoms with Crippen molar-refractivity contribution in [1.82, 2.24) is 9.88 Å². The molecule has 110 valence electrons. The quantitative estimate of drug-likeness (QED) is 0.897. The van der Waals surface area contributed by atoms with Gasteiger partial charge in [0.15, 0.2) is 0 Å². The minimum Gasteiger partial charge on any atom is -0.480 e. The van der Waals surface area contributed by atoms with Crippen LogP contribution < -0.4 is 0 Å². The first-order chi connectivity index (χ1) is 10.1. The first kappa shape index (κ1) is 14.7. The Hall–Kier alpha value is -1.24. The van der Waals surface area contributed by atoms with Crippen LogP contribution in [0.5, 0.6) is 0 Å². The van der Waals surface area contributed by atoms with Crippen molar-refractivity contribution < 1.29 is 9.90 Å². The van der Waals surface area contributed by atoms with E-state index in [0.717, 1.165) is 40.1 Å². The highest BCUT2D eigenvalue weighted by molar-refractivity contribution is 9.10. The van der Waals surface area contributed by atoms with Gasteiger partial charge in [-0.25, -0.2) is 4.98 Å². The number of thiazole rings is 1. The zero-order valence-corrected chi connectivity index (χ0v) is 13.7. The number of hydrogen-bond donors (Lipinski definition) is 1. The second-order valence-corrected chi connectivity index (χ2v) is 6.89. The van der Waals surface area contributed by atoms with Crippen LogP contribution in [0.2, 0.25) is 0 Å². The Labute approximate surface area is 135 Å². The molecule has 6 heteroatoms. The highest BCUT2D eigenvalue weighted by Gasteiger charge is 2.30. The van der Waals surface area contributed by atoms with Crippen LogP contribution in [0.15, 0.2) is 34.1 Å². The molecule has 1 saturated heterocycles. The van der Waals surface area contributed by atoms with E-state index >= 15 is 0 Å². The molecule has 1 aliphatic heterocycles. The summed E-state index contributed by atoms with van der Waals surface area (Å²) < 4.78 is 1.03. The molecule has 1 aromatic heterocycles. The topological polar surface area (TPSA) is 53.4 Å². The summed E-state index contributed by atoms with van der Waals surface area (Å²) in [5, 5.41) is 12.2. The van der Waals surface area contributed by atoms with Crippen LogP contribution >= 0.6 is 27.3 Å². The number of rotatable bonds is 4. The Morgan fingerprint density at radius 1 is 1.52 bits per heavy atom. The summed E-state index contributed by atoms with van der Waals surface area (Å²) in [6, 6.07) is 7.68. The van der Waals surface area contributed by atoms with Gasteiger partial charge in [-0.3, -0.25) is 9.69 Å². The van der Waals surface area contributed by atoms with Crippen LogP contribution in [0.25, 0.3) is 10.6 Å². The monoisotopic (exact) mass is 366 g/mol. The van der Waals surface area contributed by atoms with E-state index < -0.39 is 5.97 Å². The minimum absolute atomic E-state index is 0.360. The number of halogens is 1. The van der Waals surface area contributed by atoms with E-state index in [4.69, 9.17) is 0 Å². The van der Waals surface area contributed by atoms with Gasteiger partial charge in [-0.1, -0.05) is 28.1 Å². The Bertz CT molecular complexity index is 659. The highest BCUT2D eigenvalue weighted by Crippen LogP contribution is 2.28. The van der Waals surface area contributed by atoms with Gasteiger partial charge >= 0.3 is 5.97 Å². The lowest BCUT2D eigenvalue weighted by atomic mass is 10.2. The molecular formula is C15H15BrN2O2S. The summed E-state index contributed by atoms with van der Waals surface area (Å²) in [6.45, 7) is 1.45. The smallest absolute Gasteiger partial charge is 0.320 e. The number of aromatic nitrogens is 1. The standard InChI is InChI=1S/C15H15BrN2O2S/c16-11-4-1-3-10(7-11)14-17-12(9-21-14)8-18-6-2-5-13(18)15(19)20/h1,3-4,7,9,13H,2,5-6,8H2,(H,19,20)/t13-/m0/s1. The second-order valence-electron chi connectivity index (χ2n) is 5.12. The molecule has 1 atom stereocenters. The summed E-state index contributed by atoms with van der Waals surface area (Å²) in [5.74, 6) is -0.727. The number of aliphatic carboxylic acids is 1. The number of benzene rings is 1. The molecule has 0 spiro atoms. The number of likely N-dealkylation sites (tertiary alicyclic amines) is 1. The van der Waals surface area contributed by atoms with E-state index in [0.29, 0.717) is 6.54 Å². The number of carbonyl (C=O) groups is 1. The Kier molecular flexibility index (Phi) is 4.37. The first-order valence-electron chi connectivity index (χ1n) is 6.80. The second kappa shape index (κ2) is 6.25. The summed E-state index contributed by atoms with van der Waals surface area (Å²) in [7, 11) is 0. The Morgan fingerprint density at radius 2 is 2.38 bits per heavy atom. The maximum absolute atomic E-state index is 11.2. The zero-order valence-electron chi connectivity index (χ0n) is 11.3. The molecule has 0 radical (unpaired) electrons. The fraction of sp³-hybridized carbons (Fsp3) is 0.333. The average Bonchev–Trinajstić information content (AvgIpc) is 3.08. The van der Waals surface area contributed by atoms with Gasteiger partial charge in [-0.15, -0.1) is 11.3 Å². The third kappa shape index (κ3) is 3.33. The van der Waals surface area contributed by atoms with Crippen LogP contribution in [-0.4, -0.2) is 33.5 Å². The molecular weight excluding hydrogens is 352 g/mol. The molecule has 1 fully saturated rings. The van der Waals surface area contributed by atoms with Gasteiger partial charge in [0.05, 0.1) is 5.69 Å². The van der Waals surface area contributed by atoms with Gasteiger partial charge in [-0.05, 0) is 31.5 Å². The van der Waals surface area contributed by atoms with Crippen molar-refractivity contribution in [3.63, 3.8) is 0 Å². The number of nitrogens with zero attached hydrogens (tertiary/aromatic N) is 2. The average molecular weight is 367 g/mol. The molecule has 0 amide bonds. The van der Waals surface area contributed by atoms with E-state index in [1.807, 2.05) is 34.5 Å². The first-order valence-corrected chi connectivity index (χ1v) is 8.48. The van der Waals surface area contributed by atoms with Crippen LogP contribution in [0, 0.1) is 0 Å². The van der Waals surface area contributed by atoms with Gasteiger partial charge in [0.25, 0.3) is 0 Å². The number of carboxylic acid groups (broad SMARTS) is 1. The van der Waals surface area contributed by atoms with E-state index in [9.17, 15) is 9.90 Å². The molecule has 1 aliphatic rings. The highest BCUT2D eigenvalue weighted by atomic mass is 79.9. The number of carboxylic acids is 1. The summed E-state index contributed by atoms with van der Waals surface area (Å²) >= 11 is 5.06. The predicted molar refractivity (Wildman–Crippen MR) is 86.3 cm³/mol. The molecule has 0 unspecified atom stereocenters. The predicted octanol–water partition coefficient (Wildman–Crippen LogP) is 3.62. The fourth-order valence-electron chi connectivity index (χ4n) is 2.64. The molecule has 0 saturated carbocycles. The van der Waals surface area contributed by atoms with Crippen LogP contribution in [0.1, 0.15) is 18.5 Å². The minimum atomic E-state index is -0.727. The van der Waals surface area contributed by atoms with Crippen molar-refractivity contribution in [2.45, 2.75) is 25.4 Å². The molecule has 2 aromatic rings. The molecule has 1 N–H and O–H groups in total. The number of hydrogen-bond acceptors (Lipinski definition) is 4. The van der Waals surface area contributed by atoms with Gasteiger partial charge in [0, 0.05) is 22.0 Å². The van der Waals surface area contributed by atoms with Gasteiger partial charge in [-0.2, -0.15) is 0 Å². The molecule has 2 heterocycles. The maximum atomic E-state index is 11.2.